The van der Waals surface area contributed by atoms with Crippen molar-refractivity contribution in [3.63, 3.8) is 0 Å². The van der Waals surface area contributed by atoms with Gasteiger partial charge in [0.05, 0.1) is 23.3 Å². The number of benzene rings is 2. The van der Waals surface area contributed by atoms with E-state index in [0.717, 1.165) is 5.69 Å². The van der Waals surface area contributed by atoms with E-state index in [1.165, 1.54) is 0 Å². The number of carbonyl (C=O) groups excluding carboxylic acids is 1. The minimum absolute atomic E-state index is 0.0978. The van der Waals surface area contributed by atoms with Crippen molar-refractivity contribution in [2.75, 3.05) is 24.6 Å². The lowest BCUT2D eigenvalue weighted by Crippen LogP contribution is -2.34. The van der Waals surface area contributed by atoms with Crippen LogP contribution >= 0.6 is 0 Å². The highest BCUT2D eigenvalue weighted by atomic mass is 32.2. The molecule has 2 aliphatic heterocycles. The van der Waals surface area contributed by atoms with E-state index in [0.29, 0.717) is 29.5 Å². The van der Waals surface area contributed by atoms with Crippen LogP contribution in [0.25, 0.3) is 10.8 Å². The molecule has 1 atom stereocenters. The number of anilines is 1. The topological polar surface area (TPSA) is 84.9 Å². The molecule has 1 unspecified atom stereocenters. The van der Waals surface area contributed by atoms with Crippen molar-refractivity contribution in [2.45, 2.75) is 37.6 Å². The lowest BCUT2D eigenvalue weighted by atomic mass is 10.1. The van der Waals surface area contributed by atoms with Crippen LogP contribution in [0.3, 0.4) is 0 Å². The number of nitrogens with zero attached hydrogens (tertiary/aromatic N) is 1. The third-order valence-corrected chi connectivity index (χ3v) is 6.40. The zero-order valence-electron chi connectivity index (χ0n) is 15.5. The first-order chi connectivity index (χ1) is 12.7. The van der Waals surface area contributed by atoms with Gasteiger partial charge in [0.15, 0.2) is 5.79 Å². The summed E-state index contributed by atoms with van der Waals surface area (Å²) in [5.41, 5.74) is 1.29. The molecule has 1 N–H and O–H groups in total. The highest BCUT2D eigenvalue weighted by molar-refractivity contribution is 7.89. The molecule has 27 heavy (non-hydrogen) atoms. The van der Waals surface area contributed by atoms with Gasteiger partial charge in [-0.2, -0.15) is 0 Å². The number of amides is 1. The van der Waals surface area contributed by atoms with Gasteiger partial charge < -0.3 is 14.4 Å². The molecule has 1 saturated heterocycles. The van der Waals surface area contributed by atoms with E-state index >= 15 is 0 Å². The van der Waals surface area contributed by atoms with Gasteiger partial charge in [0.1, 0.15) is 0 Å². The average Bonchev–Trinajstić information content (AvgIpc) is 3.12. The van der Waals surface area contributed by atoms with Crippen LogP contribution in [0.1, 0.15) is 31.1 Å². The number of ether oxygens (including phenoxy) is 2. The zero-order chi connectivity index (χ0) is 19.4. The van der Waals surface area contributed by atoms with Crippen molar-refractivity contribution in [3.05, 3.63) is 35.9 Å². The van der Waals surface area contributed by atoms with Crippen LogP contribution < -0.4 is 9.62 Å². The van der Waals surface area contributed by atoms with Gasteiger partial charge in [0, 0.05) is 29.4 Å². The summed E-state index contributed by atoms with van der Waals surface area (Å²) in [7, 11) is -3.77. The molecular weight excluding hydrogens is 368 g/mol. The summed E-state index contributed by atoms with van der Waals surface area (Å²) in [4.78, 5) is 14.4. The molecule has 7 nitrogen and oxygen atoms in total. The standard InChI is InChI=1S/C19H22N2O5S/c1-4-21-15-8-9-16(13-6-5-7-14(17(13)15)18(21)22)27(23,24)20-10-12-11-25-19(2,3)26-12/h5-9,12,20H,4,10-11H2,1-3H3. The number of sulfonamides is 1. The fourth-order valence-corrected chi connectivity index (χ4v) is 4.98. The lowest BCUT2D eigenvalue weighted by Gasteiger charge is -2.18. The molecule has 2 aliphatic rings. The third-order valence-electron chi connectivity index (χ3n) is 4.92. The summed E-state index contributed by atoms with van der Waals surface area (Å²) >= 11 is 0. The van der Waals surface area contributed by atoms with E-state index in [-0.39, 0.29) is 23.5 Å². The minimum atomic E-state index is -3.77. The van der Waals surface area contributed by atoms with E-state index in [2.05, 4.69) is 4.72 Å². The van der Waals surface area contributed by atoms with E-state index in [1.807, 2.05) is 6.92 Å². The quantitative estimate of drug-likeness (QED) is 0.846. The number of rotatable bonds is 5. The summed E-state index contributed by atoms with van der Waals surface area (Å²) < 4.78 is 39.6. The first kappa shape index (κ1) is 18.4. The van der Waals surface area contributed by atoms with E-state index in [4.69, 9.17) is 9.47 Å². The zero-order valence-corrected chi connectivity index (χ0v) is 16.3. The molecule has 0 bridgehead atoms. The minimum Gasteiger partial charge on any atom is -0.348 e. The molecule has 0 radical (unpaired) electrons. The van der Waals surface area contributed by atoms with Gasteiger partial charge in [-0.1, -0.05) is 12.1 Å². The van der Waals surface area contributed by atoms with Crippen LogP contribution in [0.2, 0.25) is 0 Å². The van der Waals surface area contributed by atoms with Gasteiger partial charge in [-0.3, -0.25) is 4.79 Å². The molecule has 2 aromatic carbocycles. The second-order valence-corrected chi connectivity index (χ2v) is 8.90. The molecule has 2 aromatic rings. The summed E-state index contributed by atoms with van der Waals surface area (Å²) in [5.74, 6) is -0.804. The van der Waals surface area contributed by atoms with Crippen LogP contribution in [-0.4, -0.2) is 45.9 Å². The van der Waals surface area contributed by atoms with E-state index < -0.39 is 15.8 Å². The second-order valence-electron chi connectivity index (χ2n) is 7.16. The molecule has 144 valence electrons. The van der Waals surface area contributed by atoms with Gasteiger partial charge in [0.25, 0.3) is 5.91 Å². The molecular formula is C19H22N2O5S. The summed E-state index contributed by atoms with van der Waals surface area (Å²) in [6.07, 6.45) is -0.344. The lowest BCUT2D eigenvalue weighted by molar-refractivity contribution is -0.137. The normalized spacial score (nSPS) is 21.4. The first-order valence-electron chi connectivity index (χ1n) is 8.92. The van der Waals surface area contributed by atoms with Crippen LogP contribution in [0.15, 0.2) is 35.2 Å². The Hall–Kier alpha value is -2.00. The number of hydrogen-bond donors (Lipinski definition) is 1. The molecule has 8 heteroatoms. The third kappa shape index (κ3) is 3.02. The van der Waals surface area contributed by atoms with Crippen molar-refractivity contribution < 1.29 is 22.7 Å². The molecule has 0 aromatic heterocycles. The maximum Gasteiger partial charge on any atom is 0.258 e. The van der Waals surface area contributed by atoms with E-state index in [9.17, 15) is 13.2 Å². The Morgan fingerprint density at radius 2 is 2.04 bits per heavy atom. The fourth-order valence-electron chi connectivity index (χ4n) is 3.71. The van der Waals surface area contributed by atoms with Crippen LogP contribution in [0, 0.1) is 0 Å². The number of nitrogens with one attached hydrogen (secondary N) is 1. The Bertz CT molecular complexity index is 1030. The Labute approximate surface area is 158 Å². The summed E-state index contributed by atoms with van der Waals surface area (Å²) in [6.45, 7) is 6.46. The Kier molecular flexibility index (Phi) is 4.27. The second kappa shape index (κ2) is 6.27. The number of carbonyl (C=O) groups is 1. The van der Waals surface area contributed by atoms with Crippen LogP contribution in [0.5, 0.6) is 0 Å². The van der Waals surface area contributed by atoms with Crippen LogP contribution in [-0.2, 0) is 19.5 Å². The van der Waals surface area contributed by atoms with Crippen molar-refractivity contribution in [2.24, 2.45) is 0 Å². The van der Waals surface area contributed by atoms with Gasteiger partial charge in [-0.05, 0) is 39.0 Å². The largest absolute Gasteiger partial charge is 0.348 e. The highest BCUT2D eigenvalue weighted by Gasteiger charge is 2.34. The van der Waals surface area contributed by atoms with Gasteiger partial charge in [-0.15, -0.1) is 0 Å². The monoisotopic (exact) mass is 390 g/mol. The van der Waals surface area contributed by atoms with Crippen molar-refractivity contribution >= 4 is 32.4 Å². The maximum atomic E-state index is 12.9. The van der Waals surface area contributed by atoms with Gasteiger partial charge in [-0.25, -0.2) is 13.1 Å². The number of hydrogen-bond acceptors (Lipinski definition) is 5. The smallest absolute Gasteiger partial charge is 0.258 e. The maximum absolute atomic E-state index is 12.9. The molecule has 2 heterocycles. The van der Waals surface area contributed by atoms with Crippen LogP contribution in [0.4, 0.5) is 5.69 Å². The first-order valence-corrected chi connectivity index (χ1v) is 10.4. The van der Waals surface area contributed by atoms with Gasteiger partial charge in [0.2, 0.25) is 10.0 Å². The summed E-state index contributed by atoms with van der Waals surface area (Å²) in [5, 5.41) is 1.24. The molecule has 4 rings (SSSR count). The molecule has 0 aliphatic carbocycles. The predicted octanol–water partition coefficient (Wildman–Crippen LogP) is 2.25. The fraction of sp³-hybridized carbons (Fsp3) is 0.421. The van der Waals surface area contributed by atoms with Gasteiger partial charge >= 0.3 is 0 Å². The average molecular weight is 390 g/mol. The Morgan fingerprint density at radius 3 is 2.70 bits per heavy atom. The SMILES string of the molecule is CCN1C(=O)c2cccc3c(S(=O)(=O)NCC4COC(C)(C)O4)ccc1c23. The molecule has 0 saturated carbocycles. The molecule has 1 fully saturated rings. The Balaban J connectivity index is 1.69. The van der Waals surface area contributed by atoms with Crippen molar-refractivity contribution in [1.29, 1.82) is 0 Å². The summed E-state index contributed by atoms with van der Waals surface area (Å²) in [6, 6.07) is 8.45. The predicted molar refractivity (Wildman–Crippen MR) is 101 cm³/mol. The van der Waals surface area contributed by atoms with E-state index in [1.54, 1.807) is 49.1 Å². The van der Waals surface area contributed by atoms with Crippen molar-refractivity contribution in [3.8, 4) is 0 Å². The molecule has 0 spiro atoms. The highest BCUT2D eigenvalue weighted by Crippen LogP contribution is 2.39. The Morgan fingerprint density at radius 1 is 1.26 bits per heavy atom. The van der Waals surface area contributed by atoms with Crippen molar-refractivity contribution in [1.82, 2.24) is 4.72 Å². The molecule has 1 amide bonds.